The van der Waals surface area contributed by atoms with Gasteiger partial charge in [0.15, 0.2) is 0 Å². The maximum atomic E-state index is 11.8. The van der Waals surface area contributed by atoms with Gasteiger partial charge in [0.1, 0.15) is 5.71 Å². The zero-order valence-corrected chi connectivity index (χ0v) is 11.4. The van der Waals surface area contributed by atoms with Gasteiger partial charge in [-0.3, -0.25) is 10.1 Å². The predicted molar refractivity (Wildman–Crippen MR) is 78.0 cm³/mol. The maximum Gasteiger partial charge on any atom is 0.368 e. The van der Waals surface area contributed by atoms with Gasteiger partial charge < -0.3 is 4.84 Å². The minimum atomic E-state index is -0.565. The Morgan fingerprint density at radius 1 is 1.19 bits per heavy atom. The van der Waals surface area contributed by atoms with Crippen LogP contribution in [0.4, 0.5) is 5.00 Å². The summed E-state index contributed by atoms with van der Waals surface area (Å²) in [6.07, 6.45) is 1.55. The summed E-state index contributed by atoms with van der Waals surface area (Å²) in [7, 11) is 0. The predicted octanol–water partition coefficient (Wildman–Crippen LogP) is 3.00. The molecule has 104 valence electrons. The van der Waals surface area contributed by atoms with Gasteiger partial charge in [-0.05, 0) is 12.1 Å². The molecule has 0 N–H and O–H groups in total. The molecule has 0 unspecified atom stereocenters. The van der Waals surface area contributed by atoms with Crippen LogP contribution in [0.1, 0.15) is 10.4 Å². The topological polar surface area (TPSA) is 81.8 Å². The minimum Gasteiger partial charge on any atom is -0.312 e. The average molecular weight is 300 g/mol. The molecule has 0 amide bonds. The van der Waals surface area contributed by atoms with Gasteiger partial charge >= 0.3 is 11.0 Å². The van der Waals surface area contributed by atoms with Gasteiger partial charge in [-0.2, -0.15) is 0 Å². The Balaban J connectivity index is 1.98. The van der Waals surface area contributed by atoms with Gasteiger partial charge in [0.2, 0.25) is 0 Å². The molecule has 0 bridgehead atoms. The molecular formula is C14H8N2O4S. The van der Waals surface area contributed by atoms with Crippen molar-refractivity contribution in [2.24, 2.45) is 5.16 Å². The highest BCUT2D eigenvalue weighted by Crippen LogP contribution is 2.28. The third-order valence-electron chi connectivity index (χ3n) is 2.82. The van der Waals surface area contributed by atoms with E-state index in [9.17, 15) is 14.9 Å². The summed E-state index contributed by atoms with van der Waals surface area (Å²) in [6.45, 7) is 0. The van der Waals surface area contributed by atoms with E-state index in [1.807, 2.05) is 30.3 Å². The van der Waals surface area contributed by atoms with E-state index in [0.29, 0.717) is 10.6 Å². The Morgan fingerprint density at radius 3 is 2.62 bits per heavy atom. The Hall–Kier alpha value is -2.80. The number of thiophene rings is 1. The zero-order valence-electron chi connectivity index (χ0n) is 10.6. The number of carbonyl (C=O) groups excluding carboxylic acids is 1. The molecule has 1 aromatic heterocycles. The molecule has 6 nitrogen and oxygen atoms in total. The molecule has 0 atom stereocenters. The van der Waals surface area contributed by atoms with Gasteiger partial charge in [-0.15, -0.1) is 0 Å². The van der Waals surface area contributed by atoms with E-state index in [1.165, 1.54) is 6.07 Å². The SMILES string of the molecule is O=C1ON=C(c2ccccc2)/C1=C\c1ccc([N+](=O)[O-])s1. The van der Waals surface area contributed by atoms with Crippen LogP contribution in [0, 0.1) is 10.1 Å². The first kappa shape index (κ1) is 13.2. The molecule has 3 rings (SSSR count). The monoisotopic (exact) mass is 300 g/mol. The van der Waals surface area contributed by atoms with Crippen LogP contribution < -0.4 is 0 Å². The minimum absolute atomic E-state index is 0.0198. The van der Waals surface area contributed by atoms with Gasteiger partial charge in [-0.25, -0.2) is 4.79 Å². The van der Waals surface area contributed by atoms with Gasteiger partial charge in [-0.1, -0.05) is 46.8 Å². The highest BCUT2D eigenvalue weighted by Gasteiger charge is 2.27. The fourth-order valence-electron chi connectivity index (χ4n) is 1.87. The lowest BCUT2D eigenvalue weighted by Gasteiger charge is -1.98. The number of nitrogens with zero attached hydrogens (tertiary/aromatic N) is 2. The first-order valence-electron chi connectivity index (χ1n) is 5.96. The first-order valence-corrected chi connectivity index (χ1v) is 6.78. The Morgan fingerprint density at radius 2 is 1.95 bits per heavy atom. The molecule has 7 heteroatoms. The Bertz CT molecular complexity index is 777. The highest BCUT2D eigenvalue weighted by molar-refractivity contribution is 7.16. The molecule has 0 saturated heterocycles. The lowest BCUT2D eigenvalue weighted by Crippen LogP contribution is -2.06. The van der Waals surface area contributed by atoms with E-state index in [4.69, 9.17) is 4.84 Å². The number of benzene rings is 1. The second kappa shape index (κ2) is 5.29. The average Bonchev–Trinajstić information content (AvgIpc) is 3.09. The van der Waals surface area contributed by atoms with Crippen LogP contribution in [0.5, 0.6) is 0 Å². The van der Waals surface area contributed by atoms with E-state index >= 15 is 0 Å². The van der Waals surface area contributed by atoms with Crippen LogP contribution in [-0.4, -0.2) is 16.6 Å². The van der Waals surface area contributed by atoms with Gasteiger partial charge in [0.05, 0.1) is 10.5 Å². The summed E-state index contributed by atoms with van der Waals surface area (Å²) in [5.41, 5.74) is 1.47. The standard InChI is InChI=1S/C14H8N2O4S/c17-14-11(8-10-6-7-12(21-10)16(18)19)13(15-20-14)9-4-2-1-3-5-9/h1-8H/b11-8+. The Kier molecular flexibility index (Phi) is 3.33. The lowest BCUT2D eigenvalue weighted by atomic mass is 10.0. The number of hydrogen-bond donors (Lipinski definition) is 0. The second-order valence-corrected chi connectivity index (χ2v) is 5.27. The maximum absolute atomic E-state index is 11.8. The fraction of sp³-hybridized carbons (Fsp3) is 0. The van der Waals surface area contributed by atoms with E-state index in [2.05, 4.69) is 5.16 Å². The van der Waals surface area contributed by atoms with Crippen LogP contribution in [0.25, 0.3) is 6.08 Å². The van der Waals surface area contributed by atoms with Crippen LogP contribution in [0.2, 0.25) is 0 Å². The number of hydrogen-bond acceptors (Lipinski definition) is 6. The van der Waals surface area contributed by atoms with Crippen molar-refractivity contribution in [3.63, 3.8) is 0 Å². The summed E-state index contributed by atoms with van der Waals surface area (Å²) in [6, 6.07) is 12.1. The van der Waals surface area contributed by atoms with Crippen molar-refractivity contribution in [3.8, 4) is 0 Å². The third kappa shape index (κ3) is 2.59. The molecule has 0 aliphatic carbocycles. The molecule has 0 radical (unpaired) electrons. The Labute approximate surface area is 123 Å². The number of carbonyl (C=O) groups is 1. The molecular weight excluding hydrogens is 292 g/mol. The van der Waals surface area contributed by atoms with Crippen molar-refractivity contribution in [2.75, 3.05) is 0 Å². The molecule has 21 heavy (non-hydrogen) atoms. The summed E-state index contributed by atoms with van der Waals surface area (Å²) in [4.78, 5) is 27.3. The fourth-order valence-corrected chi connectivity index (χ4v) is 2.64. The first-order chi connectivity index (χ1) is 10.1. The quantitative estimate of drug-likeness (QED) is 0.377. The van der Waals surface area contributed by atoms with E-state index in [0.717, 1.165) is 16.9 Å². The van der Waals surface area contributed by atoms with E-state index < -0.39 is 10.9 Å². The van der Waals surface area contributed by atoms with E-state index in [1.54, 1.807) is 12.1 Å². The molecule has 1 aliphatic heterocycles. The third-order valence-corrected chi connectivity index (χ3v) is 3.81. The zero-order chi connectivity index (χ0) is 14.8. The van der Waals surface area contributed by atoms with Crippen LogP contribution in [-0.2, 0) is 9.63 Å². The van der Waals surface area contributed by atoms with Crippen LogP contribution >= 0.6 is 11.3 Å². The molecule has 2 aromatic rings. The molecule has 1 aromatic carbocycles. The number of oxime groups is 1. The molecule has 0 fully saturated rings. The van der Waals surface area contributed by atoms with Crippen molar-refractivity contribution < 1.29 is 14.6 Å². The van der Waals surface area contributed by atoms with Crippen molar-refractivity contribution in [1.82, 2.24) is 0 Å². The largest absolute Gasteiger partial charge is 0.368 e. The van der Waals surface area contributed by atoms with E-state index in [-0.39, 0.29) is 10.6 Å². The summed E-state index contributed by atoms with van der Waals surface area (Å²) >= 11 is 0.989. The van der Waals surface area contributed by atoms with Crippen molar-refractivity contribution in [2.45, 2.75) is 0 Å². The van der Waals surface area contributed by atoms with Crippen molar-refractivity contribution >= 4 is 34.1 Å². The number of nitro groups is 1. The van der Waals surface area contributed by atoms with Crippen LogP contribution in [0.15, 0.2) is 53.2 Å². The normalized spacial score (nSPS) is 15.9. The van der Waals surface area contributed by atoms with Crippen LogP contribution in [0.3, 0.4) is 0 Å². The second-order valence-electron chi connectivity index (χ2n) is 4.18. The van der Waals surface area contributed by atoms with Crippen molar-refractivity contribution in [1.29, 1.82) is 0 Å². The van der Waals surface area contributed by atoms with Gasteiger partial charge in [0, 0.05) is 16.5 Å². The molecule has 0 spiro atoms. The van der Waals surface area contributed by atoms with Gasteiger partial charge in [0.25, 0.3) is 0 Å². The number of rotatable bonds is 3. The summed E-state index contributed by atoms with van der Waals surface area (Å²) in [5, 5.41) is 14.5. The molecule has 1 aliphatic rings. The molecule has 0 saturated carbocycles. The summed E-state index contributed by atoms with van der Waals surface area (Å²) < 4.78 is 0. The summed E-state index contributed by atoms with van der Waals surface area (Å²) in [5.74, 6) is -0.565. The smallest absolute Gasteiger partial charge is 0.312 e. The highest BCUT2D eigenvalue weighted by atomic mass is 32.1. The molecule has 2 heterocycles. The van der Waals surface area contributed by atoms with Crippen molar-refractivity contribution in [3.05, 3.63) is 68.6 Å². The lowest BCUT2D eigenvalue weighted by molar-refractivity contribution is -0.380.